The molecule has 1 saturated carbocycles. The third-order valence-corrected chi connectivity index (χ3v) is 5.13. The van der Waals surface area contributed by atoms with Crippen molar-refractivity contribution in [3.8, 4) is 5.75 Å². The molecule has 2 aliphatic rings. The average Bonchev–Trinajstić information content (AvgIpc) is 3.15. The Kier molecular flexibility index (Phi) is 4.23. The van der Waals surface area contributed by atoms with E-state index in [1.807, 2.05) is 24.3 Å². The summed E-state index contributed by atoms with van der Waals surface area (Å²) in [5.41, 5.74) is 0.790. The van der Waals surface area contributed by atoms with E-state index in [9.17, 15) is 5.11 Å². The molecular weight excluding hydrogens is 262 g/mol. The third kappa shape index (κ3) is 3.09. The second kappa shape index (κ2) is 5.98. The largest absolute Gasteiger partial charge is 0.490 e. The SMILES string of the molecule is CCC(C)(C(O)c1cccc(OC2CC2)c1)N1CCCC1. The van der Waals surface area contributed by atoms with Crippen molar-refractivity contribution in [1.29, 1.82) is 0 Å². The van der Waals surface area contributed by atoms with Crippen molar-refractivity contribution in [1.82, 2.24) is 4.90 Å². The molecular formula is C18H27NO2. The Hall–Kier alpha value is -1.06. The lowest BCUT2D eigenvalue weighted by molar-refractivity contribution is -0.0141. The van der Waals surface area contributed by atoms with Gasteiger partial charge in [-0.05, 0) is 69.8 Å². The second-order valence-electron chi connectivity index (χ2n) is 6.70. The predicted octanol–water partition coefficient (Wildman–Crippen LogP) is 3.53. The van der Waals surface area contributed by atoms with Crippen LogP contribution in [0.1, 0.15) is 57.6 Å². The van der Waals surface area contributed by atoms with E-state index < -0.39 is 6.10 Å². The topological polar surface area (TPSA) is 32.7 Å². The number of nitrogens with zero attached hydrogens (tertiary/aromatic N) is 1. The van der Waals surface area contributed by atoms with E-state index in [0.717, 1.165) is 43.7 Å². The van der Waals surface area contributed by atoms with E-state index >= 15 is 0 Å². The van der Waals surface area contributed by atoms with Crippen molar-refractivity contribution in [3.63, 3.8) is 0 Å². The Morgan fingerprint density at radius 3 is 2.67 bits per heavy atom. The van der Waals surface area contributed by atoms with Crippen LogP contribution in [0.4, 0.5) is 0 Å². The number of benzene rings is 1. The summed E-state index contributed by atoms with van der Waals surface area (Å²) >= 11 is 0. The molecule has 0 radical (unpaired) electrons. The maximum absolute atomic E-state index is 11.0. The van der Waals surface area contributed by atoms with Gasteiger partial charge in [0.2, 0.25) is 0 Å². The molecule has 3 rings (SSSR count). The molecule has 0 amide bonds. The van der Waals surface area contributed by atoms with E-state index in [2.05, 4.69) is 18.7 Å². The van der Waals surface area contributed by atoms with Gasteiger partial charge in [0.15, 0.2) is 0 Å². The number of hydrogen-bond acceptors (Lipinski definition) is 3. The van der Waals surface area contributed by atoms with Gasteiger partial charge in [0.25, 0.3) is 0 Å². The first kappa shape index (κ1) is 14.9. The zero-order valence-electron chi connectivity index (χ0n) is 13.2. The van der Waals surface area contributed by atoms with Gasteiger partial charge in [-0.15, -0.1) is 0 Å². The van der Waals surface area contributed by atoms with E-state index in [1.54, 1.807) is 0 Å². The van der Waals surface area contributed by atoms with Crippen molar-refractivity contribution in [3.05, 3.63) is 29.8 Å². The average molecular weight is 289 g/mol. The van der Waals surface area contributed by atoms with Crippen molar-refractivity contribution in [2.24, 2.45) is 0 Å². The van der Waals surface area contributed by atoms with Crippen LogP contribution in [-0.4, -0.2) is 34.7 Å². The number of ether oxygens (including phenoxy) is 1. The zero-order valence-corrected chi connectivity index (χ0v) is 13.2. The van der Waals surface area contributed by atoms with Gasteiger partial charge in [-0.1, -0.05) is 19.1 Å². The second-order valence-corrected chi connectivity index (χ2v) is 6.70. The zero-order chi connectivity index (χ0) is 14.9. The van der Waals surface area contributed by atoms with Crippen LogP contribution in [0.3, 0.4) is 0 Å². The highest BCUT2D eigenvalue weighted by atomic mass is 16.5. The van der Waals surface area contributed by atoms with Gasteiger partial charge >= 0.3 is 0 Å². The molecule has 2 atom stereocenters. The van der Waals surface area contributed by atoms with Crippen molar-refractivity contribution in [2.75, 3.05) is 13.1 Å². The fraction of sp³-hybridized carbons (Fsp3) is 0.667. The molecule has 3 heteroatoms. The molecule has 2 fully saturated rings. The molecule has 1 aromatic rings. The van der Waals surface area contributed by atoms with Crippen molar-refractivity contribution < 1.29 is 9.84 Å². The minimum atomic E-state index is -0.469. The minimum absolute atomic E-state index is 0.186. The number of rotatable bonds is 6. The van der Waals surface area contributed by atoms with Crippen molar-refractivity contribution in [2.45, 2.75) is 63.7 Å². The minimum Gasteiger partial charge on any atom is -0.490 e. The maximum atomic E-state index is 11.0. The molecule has 0 aromatic heterocycles. The van der Waals surface area contributed by atoms with E-state index in [-0.39, 0.29) is 5.54 Å². The fourth-order valence-corrected chi connectivity index (χ4v) is 3.31. The molecule has 0 bridgehead atoms. The molecule has 1 aromatic carbocycles. The number of aliphatic hydroxyl groups excluding tert-OH is 1. The molecule has 1 aliphatic heterocycles. The number of likely N-dealkylation sites (tertiary alicyclic amines) is 1. The van der Waals surface area contributed by atoms with Gasteiger partial charge in [-0.3, -0.25) is 4.90 Å². The Balaban J connectivity index is 1.79. The molecule has 0 spiro atoms. The molecule has 3 nitrogen and oxygen atoms in total. The Morgan fingerprint density at radius 2 is 2.05 bits per heavy atom. The smallest absolute Gasteiger partial charge is 0.120 e. The van der Waals surface area contributed by atoms with Crippen LogP contribution in [0.15, 0.2) is 24.3 Å². The van der Waals surface area contributed by atoms with E-state index in [1.165, 1.54) is 12.8 Å². The standard InChI is InChI=1S/C18H27NO2/c1-3-18(2,19-11-4-5-12-19)17(20)14-7-6-8-16(13-14)21-15-9-10-15/h6-8,13,15,17,20H,3-5,9-12H2,1-2H3. The summed E-state index contributed by atoms with van der Waals surface area (Å²) in [6.45, 7) is 6.56. The number of aliphatic hydroxyl groups is 1. The monoisotopic (exact) mass is 289 g/mol. The van der Waals surface area contributed by atoms with Crippen LogP contribution in [-0.2, 0) is 0 Å². The van der Waals surface area contributed by atoms with Gasteiger partial charge < -0.3 is 9.84 Å². The fourth-order valence-electron chi connectivity index (χ4n) is 3.31. The Morgan fingerprint density at radius 1 is 1.33 bits per heavy atom. The van der Waals surface area contributed by atoms with Gasteiger partial charge in [-0.25, -0.2) is 0 Å². The highest BCUT2D eigenvalue weighted by Crippen LogP contribution is 2.37. The molecule has 1 aliphatic carbocycles. The summed E-state index contributed by atoms with van der Waals surface area (Å²) in [5.74, 6) is 0.897. The van der Waals surface area contributed by atoms with Crippen LogP contribution in [0.2, 0.25) is 0 Å². The van der Waals surface area contributed by atoms with Gasteiger partial charge in [0, 0.05) is 5.54 Å². The summed E-state index contributed by atoms with van der Waals surface area (Å²) in [7, 11) is 0. The summed E-state index contributed by atoms with van der Waals surface area (Å²) in [6.07, 6.45) is 5.68. The van der Waals surface area contributed by atoms with Gasteiger partial charge in [0.05, 0.1) is 12.2 Å². The molecule has 1 N–H and O–H groups in total. The number of hydrogen-bond donors (Lipinski definition) is 1. The van der Waals surface area contributed by atoms with Crippen LogP contribution in [0.25, 0.3) is 0 Å². The van der Waals surface area contributed by atoms with Crippen LogP contribution in [0.5, 0.6) is 5.75 Å². The highest BCUT2D eigenvalue weighted by Gasteiger charge is 2.39. The molecule has 21 heavy (non-hydrogen) atoms. The molecule has 1 saturated heterocycles. The van der Waals surface area contributed by atoms with E-state index in [4.69, 9.17) is 4.74 Å². The summed E-state index contributed by atoms with van der Waals surface area (Å²) < 4.78 is 5.86. The van der Waals surface area contributed by atoms with Crippen LogP contribution >= 0.6 is 0 Å². The summed E-state index contributed by atoms with van der Waals surface area (Å²) in [6, 6.07) is 8.03. The summed E-state index contributed by atoms with van der Waals surface area (Å²) in [5, 5.41) is 11.0. The van der Waals surface area contributed by atoms with Gasteiger partial charge in [0.1, 0.15) is 5.75 Å². The third-order valence-electron chi connectivity index (χ3n) is 5.13. The van der Waals surface area contributed by atoms with Crippen molar-refractivity contribution >= 4 is 0 Å². The van der Waals surface area contributed by atoms with Gasteiger partial charge in [-0.2, -0.15) is 0 Å². The lowest BCUT2D eigenvalue weighted by Gasteiger charge is -2.42. The molecule has 116 valence electrons. The first-order chi connectivity index (χ1) is 10.1. The molecule has 2 unspecified atom stereocenters. The Labute approximate surface area is 127 Å². The lowest BCUT2D eigenvalue weighted by atomic mass is 9.85. The quantitative estimate of drug-likeness (QED) is 0.869. The Bertz CT molecular complexity index is 480. The summed E-state index contributed by atoms with van der Waals surface area (Å²) in [4.78, 5) is 2.45. The highest BCUT2D eigenvalue weighted by molar-refractivity contribution is 5.32. The maximum Gasteiger partial charge on any atom is 0.120 e. The van der Waals surface area contributed by atoms with Crippen LogP contribution in [0, 0.1) is 0 Å². The van der Waals surface area contributed by atoms with Crippen LogP contribution < -0.4 is 4.74 Å². The van der Waals surface area contributed by atoms with E-state index in [0.29, 0.717) is 6.10 Å². The molecule has 1 heterocycles. The lowest BCUT2D eigenvalue weighted by Crippen LogP contribution is -2.48. The normalized spacial score (nSPS) is 23.8. The first-order valence-corrected chi connectivity index (χ1v) is 8.33. The first-order valence-electron chi connectivity index (χ1n) is 8.33. The predicted molar refractivity (Wildman–Crippen MR) is 84.6 cm³/mol.